The summed E-state index contributed by atoms with van der Waals surface area (Å²) in [5.41, 5.74) is 13.8. The van der Waals surface area contributed by atoms with Gasteiger partial charge < -0.3 is 4.57 Å². The van der Waals surface area contributed by atoms with Gasteiger partial charge in [-0.15, -0.1) is 11.3 Å². The summed E-state index contributed by atoms with van der Waals surface area (Å²) < 4.78 is 5.00. The maximum atomic E-state index is 5.06. The summed E-state index contributed by atoms with van der Waals surface area (Å²) in [6.07, 6.45) is 2.07. The number of pyridine rings is 1. The lowest BCUT2D eigenvalue weighted by atomic mass is 9.91. The fraction of sp³-hybridized carbons (Fsp3) is 0.0364. The van der Waals surface area contributed by atoms with E-state index in [0.29, 0.717) is 5.92 Å². The van der Waals surface area contributed by atoms with Gasteiger partial charge >= 0.3 is 0 Å². The summed E-state index contributed by atoms with van der Waals surface area (Å²) in [5, 5.41) is 12.9. The summed E-state index contributed by atoms with van der Waals surface area (Å²) in [4.78, 5) is 5.06. The number of benzene rings is 9. The van der Waals surface area contributed by atoms with Gasteiger partial charge in [0.25, 0.3) is 0 Å². The molecule has 0 bridgehead atoms. The summed E-state index contributed by atoms with van der Waals surface area (Å²) >= 11 is 1.82. The molecule has 1 aliphatic rings. The van der Waals surface area contributed by atoms with Crippen molar-refractivity contribution in [1.82, 2.24) is 9.55 Å². The number of hydrogen-bond acceptors (Lipinski definition) is 2. The Morgan fingerprint density at radius 3 is 1.93 bits per heavy atom. The number of aromatic nitrogens is 2. The standard InChI is InChI=1S/C55H34N2S/c1-32-37-13-2-3-14-38(37)45-24-25-46-44-19-8-9-20-51(44)57(55(46)54(32)45)36-22-26-52-48(29-36)49-30-50(56-31-53(49)58-52)35-12-10-11-33(27-35)34-21-23-43-41-17-5-4-15-39(41)40-16-6-7-18-42(40)47(43)28-34/h2-32H,1H3. The van der Waals surface area contributed by atoms with Gasteiger partial charge in [0.05, 0.1) is 21.4 Å². The first-order chi connectivity index (χ1) is 28.7. The molecule has 0 radical (unpaired) electrons. The van der Waals surface area contributed by atoms with E-state index in [4.69, 9.17) is 4.98 Å². The second-order valence-corrected chi connectivity index (χ2v) is 16.9. The minimum atomic E-state index is 0.307. The molecule has 1 unspecified atom stereocenters. The highest BCUT2D eigenvalue weighted by molar-refractivity contribution is 7.25. The van der Waals surface area contributed by atoms with Crippen molar-refractivity contribution in [2.45, 2.75) is 12.8 Å². The van der Waals surface area contributed by atoms with Crippen molar-refractivity contribution in [3.63, 3.8) is 0 Å². The molecule has 9 aromatic carbocycles. The van der Waals surface area contributed by atoms with Gasteiger partial charge in [-0.3, -0.25) is 4.98 Å². The van der Waals surface area contributed by atoms with Crippen molar-refractivity contribution in [3.8, 4) is 39.2 Å². The van der Waals surface area contributed by atoms with Crippen LogP contribution in [0.1, 0.15) is 24.0 Å². The van der Waals surface area contributed by atoms with Crippen LogP contribution in [0.25, 0.3) is 113 Å². The number of rotatable bonds is 3. The quantitative estimate of drug-likeness (QED) is 0.164. The summed E-state index contributed by atoms with van der Waals surface area (Å²) in [6, 6.07) is 65.3. The van der Waals surface area contributed by atoms with E-state index in [-0.39, 0.29) is 0 Å². The Morgan fingerprint density at radius 1 is 0.448 bits per heavy atom. The maximum absolute atomic E-state index is 5.06. The molecule has 0 N–H and O–H groups in total. The van der Waals surface area contributed by atoms with Crippen molar-refractivity contribution in [2.24, 2.45) is 0 Å². The third-order valence-electron chi connectivity index (χ3n) is 12.9. The fourth-order valence-electron chi connectivity index (χ4n) is 10.2. The number of para-hydroxylation sites is 1. The first kappa shape index (κ1) is 32.1. The Kier molecular flexibility index (Phi) is 6.62. The molecular weight excluding hydrogens is 721 g/mol. The molecule has 0 amide bonds. The Bertz CT molecular complexity index is 3680. The number of nitrogens with zero attached hydrogens (tertiary/aromatic N) is 2. The van der Waals surface area contributed by atoms with E-state index in [1.54, 1.807) is 0 Å². The topological polar surface area (TPSA) is 17.8 Å². The second-order valence-electron chi connectivity index (χ2n) is 15.9. The van der Waals surface area contributed by atoms with Crippen LogP contribution in [0.15, 0.2) is 182 Å². The largest absolute Gasteiger partial charge is 0.309 e. The molecular formula is C55H34N2S. The zero-order valence-corrected chi connectivity index (χ0v) is 32.5. The fourth-order valence-corrected chi connectivity index (χ4v) is 11.2. The van der Waals surface area contributed by atoms with Crippen molar-refractivity contribution < 1.29 is 0 Å². The number of hydrogen-bond donors (Lipinski definition) is 0. The highest BCUT2D eigenvalue weighted by Crippen LogP contribution is 2.50. The monoisotopic (exact) mass is 754 g/mol. The zero-order chi connectivity index (χ0) is 38.1. The smallest absolute Gasteiger partial charge is 0.0709 e. The minimum absolute atomic E-state index is 0.307. The molecule has 13 rings (SSSR count). The van der Waals surface area contributed by atoms with E-state index in [1.165, 1.54) is 113 Å². The van der Waals surface area contributed by atoms with E-state index in [1.807, 2.05) is 11.3 Å². The Labute approximate surface area is 338 Å². The van der Waals surface area contributed by atoms with Gasteiger partial charge in [0, 0.05) is 49.6 Å². The van der Waals surface area contributed by atoms with Crippen LogP contribution in [-0.4, -0.2) is 9.55 Å². The van der Waals surface area contributed by atoms with Crippen LogP contribution >= 0.6 is 11.3 Å². The Morgan fingerprint density at radius 2 is 1.10 bits per heavy atom. The molecule has 3 aromatic heterocycles. The third-order valence-corrected chi connectivity index (χ3v) is 14.0. The van der Waals surface area contributed by atoms with Crippen LogP contribution in [0, 0.1) is 0 Å². The SMILES string of the molecule is CC1c2ccccc2-c2ccc3c4ccccc4n(-c4ccc5sc6cnc(-c7cccc(-c8ccc9c%10ccccc%10c%10ccccc%10c9c8)c7)cc6c5c4)c3c21. The highest BCUT2D eigenvalue weighted by atomic mass is 32.1. The summed E-state index contributed by atoms with van der Waals surface area (Å²) in [5.74, 6) is 0.307. The lowest BCUT2D eigenvalue weighted by Crippen LogP contribution is -1.99. The van der Waals surface area contributed by atoms with Gasteiger partial charge in [0.1, 0.15) is 0 Å². The molecule has 3 heteroatoms. The number of thiophene rings is 1. The van der Waals surface area contributed by atoms with Gasteiger partial charge in [-0.2, -0.15) is 0 Å². The van der Waals surface area contributed by atoms with Crippen LogP contribution in [0.3, 0.4) is 0 Å². The van der Waals surface area contributed by atoms with Crippen LogP contribution in [0.4, 0.5) is 0 Å². The molecule has 1 atom stereocenters. The van der Waals surface area contributed by atoms with Gasteiger partial charge in [-0.1, -0.05) is 140 Å². The predicted molar refractivity (Wildman–Crippen MR) is 248 cm³/mol. The second kappa shape index (κ2) is 12.0. The van der Waals surface area contributed by atoms with Gasteiger partial charge in [0.2, 0.25) is 0 Å². The molecule has 270 valence electrons. The molecule has 1 aliphatic carbocycles. The van der Waals surface area contributed by atoms with Gasteiger partial charge in [-0.25, -0.2) is 0 Å². The molecule has 0 fully saturated rings. The molecule has 58 heavy (non-hydrogen) atoms. The van der Waals surface area contributed by atoms with Crippen molar-refractivity contribution in [3.05, 3.63) is 193 Å². The average molecular weight is 755 g/mol. The molecule has 0 aliphatic heterocycles. The van der Waals surface area contributed by atoms with E-state index in [2.05, 4.69) is 194 Å². The van der Waals surface area contributed by atoms with Gasteiger partial charge in [0.15, 0.2) is 0 Å². The van der Waals surface area contributed by atoms with Crippen LogP contribution in [0.2, 0.25) is 0 Å². The van der Waals surface area contributed by atoms with Gasteiger partial charge in [-0.05, 0) is 108 Å². The lowest BCUT2D eigenvalue weighted by molar-refractivity contribution is 0.957. The lowest BCUT2D eigenvalue weighted by Gasteiger charge is -2.14. The Hall–Kier alpha value is -7.07. The van der Waals surface area contributed by atoms with E-state index in [9.17, 15) is 0 Å². The van der Waals surface area contributed by atoms with E-state index < -0.39 is 0 Å². The van der Waals surface area contributed by atoms with Crippen molar-refractivity contribution in [2.75, 3.05) is 0 Å². The van der Waals surface area contributed by atoms with Crippen LogP contribution in [-0.2, 0) is 0 Å². The molecule has 0 saturated heterocycles. The van der Waals surface area contributed by atoms with Crippen molar-refractivity contribution in [1.29, 1.82) is 0 Å². The maximum Gasteiger partial charge on any atom is 0.0709 e. The third kappa shape index (κ3) is 4.45. The molecule has 0 saturated carbocycles. The van der Waals surface area contributed by atoms with Crippen LogP contribution < -0.4 is 0 Å². The van der Waals surface area contributed by atoms with Crippen LogP contribution in [0.5, 0.6) is 0 Å². The predicted octanol–water partition coefficient (Wildman–Crippen LogP) is 15.5. The molecule has 3 heterocycles. The normalized spacial score (nSPS) is 13.8. The molecule has 2 nitrogen and oxygen atoms in total. The first-order valence-electron chi connectivity index (χ1n) is 20.1. The van der Waals surface area contributed by atoms with E-state index in [0.717, 1.165) is 11.3 Å². The molecule has 0 spiro atoms. The summed E-state index contributed by atoms with van der Waals surface area (Å²) in [6.45, 7) is 2.37. The molecule has 12 aromatic rings. The first-order valence-corrected chi connectivity index (χ1v) is 20.9. The van der Waals surface area contributed by atoms with Crippen molar-refractivity contribution >= 4 is 85.6 Å². The van der Waals surface area contributed by atoms with E-state index >= 15 is 0 Å². The summed E-state index contributed by atoms with van der Waals surface area (Å²) in [7, 11) is 0. The number of fused-ring (bicyclic) bond motifs is 16. The average Bonchev–Trinajstić information content (AvgIpc) is 3.93. The zero-order valence-electron chi connectivity index (χ0n) is 31.7. The Balaban J connectivity index is 0.959. The minimum Gasteiger partial charge on any atom is -0.309 e. The highest BCUT2D eigenvalue weighted by Gasteiger charge is 2.30.